The number of hydrogen-bond acceptors (Lipinski definition) is 3. The molecule has 3 atom stereocenters. The van der Waals surface area contributed by atoms with Crippen molar-refractivity contribution < 1.29 is 42.6 Å². The topological polar surface area (TPSA) is 40.5 Å². The molecule has 3 nitrogen and oxygen atoms in total. The molecule has 5 heteroatoms. The Hall–Kier alpha value is -0.546. The summed E-state index contributed by atoms with van der Waals surface area (Å²) in [6.45, 7) is 4.21. The molecule has 0 spiro atoms. The molecule has 2 aromatic rings. The summed E-state index contributed by atoms with van der Waals surface area (Å²) >= 11 is 1.69. The molecule has 1 aromatic heterocycles. The zero-order valence-corrected chi connectivity index (χ0v) is 21.3. The average molecular weight is 487 g/mol. The Morgan fingerprint density at radius 1 is 1.21 bits per heavy atom. The number of aryl methyl sites for hydroxylation is 1. The summed E-state index contributed by atoms with van der Waals surface area (Å²) in [5.41, 5.74) is 1.92. The third-order valence-electron chi connectivity index (χ3n) is 5.77. The molecule has 3 unspecified atom stereocenters. The van der Waals surface area contributed by atoms with Crippen LogP contribution < -0.4 is 4.90 Å². The first kappa shape index (κ1) is 24.7. The van der Waals surface area contributed by atoms with Crippen LogP contribution in [0.1, 0.15) is 75.3 Å². The van der Waals surface area contributed by atoms with Gasteiger partial charge < -0.3 is 21.3 Å². The van der Waals surface area contributed by atoms with E-state index in [2.05, 4.69) is 18.4 Å². The molecule has 0 bridgehead atoms. The van der Waals surface area contributed by atoms with Gasteiger partial charge in [-0.1, -0.05) is 58.1 Å². The maximum absolute atomic E-state index is 12.8. The van der Waals surface area contributed by atoms with E-state index in [1.54, 1.807) is 11.3 Å². The zero-order valence-electron chi connectivity index (χ0n) is 17.6. The molecule has 0 aliphatic carbocycles. The normalized spacial score (nSPS) is 20.0. The van der Waals surface area contributed by atoms with Crippen LogP contribution in [-0.2, 0) is 43.9 Å². The number of unbranched alkanes of at least 4 members (excludes halogenated alkanes) is 2. The van der Waals surface area contributed by atoms with Crippen LogP contribution in [-0.4, -0.2) is 17.1 Å². The second kappa shape index (κ2) is 12.3. The van der Waals surface area contributed by atoms with Crippen molar-refractivity contribution in [3.05, 3.63) is 52.2 Å². The number of amides is 1. The van der Waals surface area contributed by atoms with Crippen molar-refractivity contribution in [1.82, 2.24) is 0 Å². The van der Waals surface area contributed by atoms with Crippen molar-refractivity contribution in [1.29, 1.82) is 0 Å². The minimum absolute atomic E-state index is 0. The van der Waals surface area contributed by atoms with Gasteiger partial charge in [0.15, 0.2) is 0 Å². The average Bonchev–Trinajstić information content (AvgIpc) is 3.31. The predicted molar refractivity (Wildman–Crippen MR) is 117 cm³/mol. The molecule has 2 heterocycles. The minimum atomic E-state index is -0.410. The zero-order chi connectivity index (χ0) is 19.9. The summed E-state index contributed by atoms with van der Waals surface area (Å²) in [7, 11) is 0. The summed E-state index contributed by atoms with van der Waals surface area (Å²) in [4.78, 5) is 16.1. The number of carbonyl (C=O) groups excluding carboxylic acids is 1. The van der Waals surface area contributed by atoms with Gasteiger partial charge >= 0.3 is 0 Å². The number of thiophene rings is 1. The van der Waals surface area contributed by atoms with Gasteiger partial charge in [0.2, 0.25) is 5.91 Å². The van der Waals surface area contributed by atoms with Crippen LogP contribution in [0.2, 0.25) is 0 Å². The number of carbonyl (C=O) groups is 1. The molecule has 0 saturated carbocycles. The fraction of sp³-hybridized carbons (Fsp3) is 0.542. The van der Waals surface area contributed by atoms with E-state index < -0.39 is 6.10 Å². The summed E-state index contributed by atoms with van der Waals surface area (Å²) in [5.74, 6) is 0.310. The maximum Gasteiger partial charge on any atom is 0.230 e. The van der Waals surface area contributed by atoms with Crippen LogP contribution >= 0.6 is 11.3 Å². The fourth-order valence-electron chi connectivity index (χ4n) is 4.15. The maximum atomic E-state index is 12.8. The Morgan fingerprint density at radius 3 is 2.62 bits per heavy atom. The van der Waals surface area contributed by atoms with Gasteiger partial charge in [-0.15, -0.1) is 10.3 Å². The summed E-state index contributed by atoms with van der Waals surface area (Å²) in [5, 5.41) is 13.5. The molecule has 1 N–H and O–H groups in total. The van der Waals surface area contributed by atoms with Gasteiger partial charge in [-0.25, -0.2) is 6.07 Å². The van der Waals surface area contributed by atoms with Crippen LogP contribution in [0.15, 0.2) is 36.4 Å². The quantitative estimate of drug-likeness (QED) is 0.334. The molecule has 29 heavy (non-hydrogen) atoms. The molecule has 1 aliphatic heterocycles. The molecule has 1 fully saturated rings. The summed E-state index contributed by atoms with van der Waals surface area (Å²) in [6.07, 6.45) is 7.85. The summed E-state index contributed by atoms with van der Waals surface area (Å²) < 4.78 is 0. The van der Waals surface area contributed by atoms with Crippen LogP contribution in [0.25, 0.3) is 0 Å². The van der Waals surface area contributed by atoms with Crippen molar-refractivity contribution in [3.63, 3.8) is 0 Å². The van der Waals surface area contributed by atoms with Gasteiger partial charge in [0.25, 0.3) is 0 Å². The number of hydrogen-bond donors (Lipinski definition) is 1. The van der Waals surface area contributed by atoms with Crippen LogP contribution in [0.5, 0.6) is 0 Å². The van der Waals surface area contributed by atoms with Crippen molar-refractivity contribution in [2.45, 2.75) is 77.4 Å². The van der Waals surface area contributed by atoms with E-state index in [1.807, 2.05) is 42.2 Å². The Bertz CT molecular complexity index is 732. The Labute approximate surface area is 204 Å². The number of rotatable bonds is 10. The Balaban J connectivity index is 0.00000300. The number of nitrogens with zero attached hydrogens (tertiary/aromatic N) is 1. The van der Waals surface area contributed by atoms with Crippen molar-refractivity contribution >= 4 is 22.9 Å². The minimum Gasteiger partial charge on any atom is -0.388 e. The first-order valence-electron chi connectivity index (χ1n) is 10.7. The van der Waals surface area contributed by atoms with E-state index in [1.165, 1.54) is 4.88 Å². The number of anilines is 1. The number of benzene rings is 1. The SMILES string of the molecule is CCCCCC(O)c1ccc(N2C(=O)C(C)CC2CCCc2cc[c-]s2)cc1.[Y]. The van der Waals surface area contributed by atoms with Crippen molar-refractivity contribution in [3.8, 4) is 0 Å². The van der Waals surface area contributed by atoms with E-state index in [9.17, 15) is 9.90 Å². The van der Waals surface area contributed by atoms with Gasteiger partial charge in [0.05, 0.1) is 6.10 Å². The molecule has 1 amide bonds. The molecule has 1 radical (unpaired) electrons. The number of aliphatic hydroxyl groups is 1. The summed E-state index contributed by atoms with van der Waals surface area (Å²) in [6, 6.07) is 12.4. The first-order chi connectivity index (χ1) is 13.6. The smallest absolute Gasteiger partial charge is 0.230 e. The molecular formula is C24H32NO2SY-. The van der Waals surface area contributed by atoms with E-state index in [-0.39, 0.29) is 50.6 Å². The largest absolute Gasteiger partial charge is 0.388 e. The molecule has 1 aliphatic rings. The Kier molecular flexibility index (Phi) is 10.5. The third-order valence-corrected chi connectivity index (χ3v) is 6.63. The van der Waals surface area contributed by atoms with E-state index in [0.717, 1.165) is 62.6 Å². The Morgan fingerprint density at radius 2 is 1.97 bits per heavy atom. The molecule has 1 aromatic carbocycles. The third kappa shape index (κ3) is 6.72. The van der Waals surface area contributed by atoms with Crippen molar-refractivity contribution in [2.24, 2.45) is 5.92 Å². The van der Waals surface area contributed by atoms with Crippen LogP contribution in [0.4, 0.5) is 5.69 Å². The second-order valence-electron chi connectivity index (χ2n) is 8.01. The van der Waals surface area contributed by atoms with Gasteiger partial charge in [-0.2, -0.15) is 6.07 Å². The van der Waals surface area contributed by atoms with Gasteiger partial charge in [0.1, 0.15) is 0 Å². The predicted octanol–water partition coefficient (Wildman–Crippen LogP) is 5.92. The first-order valence-corrected chi connectivity index (χ1v) is 11.5. The molecule has 155 valence electrons. The van der Waals surface area contributed by atoms with Gasteiger partial charge in [0, 0.05) is 50.4 Å². The van der Waals surface area contributed by atoms with Crippen molar-refractivity contribution in [2.75, 3.05) is 4.90 Å². The molecule has 1 saturated heterocycles. The van der Waals surface area contributed by atoms with E-state index >= 15 is 0 Å². The molecular weight excluding hydrogens is 455 g/mol. The van der Waals surface area contributed by atoms with E-state index in [4.69, 9.17) is 0 Å². The molecule has 3 rings (SSSR count). The second-order valence-corrected chi connectivity index (χ2v) is 8.98. The monoisotopic (exact) mass is 487 g/mol. The van der Waals surface area contributed by atoms with Gasteiger partial charge in [-0.05, 0) is 37.0 Å². The van der Waals surface area contributed by atoms with Crippen LogP contribution in [0, 0.1) is 11.3 Å². The van der Waals surface area contributed by atoms with Crippen LogP contribution in [0.3, 0.4) is 0 Å². The van der Waals surface area contributed by atoms with E-state index in [0.29, 0.717) is 0 Å². The number of aliphatic hydroxyl groups excluding tert-OH is 1. The fourth-order valence-corrected chi connectivity index (χ4v) is 4.82. The van der Waals surface area contributed by atoms with Gasteiger partial charge in [-0.3, -0.25) is 4.79 Å². The standard InChI is InChI=1S/C24H32NO2S.Y/c1-3-4-5-11-23(26)19-12-14-20(15-13-19)25-21(17-18(2)24(25)27)8-6-9-22-10-7-16-28-22;/h7,10,12-15,18,21,23,26H,3-6,8-9,11,17H2,1-2H3;/q-1;.